The van der Waals surface area contributed by atoms with Gasteiger partial charge in [0.15, 0.2) is 10.9 Å². The molecule has 2 aliphatic rings. The van der Waals surface area contributed by atoms with Gasteiger partial charge in [0.05, 0.1) is 18.6 Å². The summed E-state index contributed by atoms with van der Waals surface area (Å²) < 4.78 is 10.9. The SMILES string of the molecule is COc1ccc([C@H]2C(C#N)=C(S)OC3=C2C(=O)CC(C)(C)C3)cc1. The summed E-state index contributed by atoms with van der Waals surface area (Å²) in [5.74, 6) is 0.974. The molecule has 0 unspecified atom stereocenters. The number of benzene rings is 1. The lowest BCUT2D eigenvalue weighted by molar-refractivity contribution is -0.119. The molecule has 1 aromatic carbocycles. The van der Waals surface area contributed by atoms with E-state index < -0.39 is 5.92 Å². The molecule has 5 heteroatoms. The van der Waals surface area contributed by atoms with Gasteiger partial charge in [-0.1, -0.05) is 26.0 Å². The van der Waals surface area contributed by atoms with Crippen LogP contribution < -0.4 is 4.74 Å². The molecule has 1 aromatic rings. The molecule has 1 aliphatic carbocycles. The molecule has 24 heavy (non-hydrogen) atoms. The smallest absolute Gasteiger partial charge is 0.171 e. The second-order valence-corrected chi connectivity index (χ2v) is 7.32. The second kappa shape index (κ2) is 6.03. The Morgan fingerprint density at radius 3 is 2.54 bits per heavy atom. The topological polar surface area (TPSA) is 59.3 Å². The van der Waals surface area contributed by atoms with Crippen molar-refractivity contribution in [2.75, 3.05) is 7.11 Å². The first-order chi connectivity index (χ1) is 11.4. The number of allylic oxidation sites excluding steroid dienone is 3. The van der Waals surface area contributed by atoms with Crippen LogP contribution in [0.1, 0.15) is 38.2 Å². The molecule has 0 radical (unpaired) electrons. The first kappa shape index (κ1) is 16.7. The van der Waals surface area contributed by atoms with Crippen molar-refractivity contribution in [2.24, 2.45) is 5.41 Å². The van der Waals surface area contributed by atoms with Gasteiger partial charge in [-0.2, -0.15) is 5.26 Å². The van der Waals surface area contributed by atoms with Crippen molar-refractivity contribution in [2.45, 2.75) is 32.6 Å². The van der Waals surface area contributed by atoms with E-state index in [0.29, 0.717) is 29.7 Å². The number of carbonyl (C=O) groups is 1. The Labute approximate surface area is 147 Å². The van der Waals surface area contributed by atoms with Crippen LogP contribution >= 0.6 is 12.6 Å². The van der Waals surface area contributed by atoms with Gasteiger partial charge in [0.1, 0.15) is 17.6 Å². The maximum absolute atomic E-state index is 12.8. The third-order valence-electron chi connectivity index (χ3n) is 4.48. The highest BCUT2D eigenvalue weighted by Gasteiger charge is 2.42. The van der Waals surface area contributed by atoms with Crippen LogP contribution in [0.3, 0.4) is 0 Å². The lowest BCUT2D eigenvalue weighted by Crippen LogP contribution is -2.31. The van der Waals surface area contributed by atoms with Crippen LogP contribution in [-0.4, -0.2) is 12.9 Å². The van der Waals surface area contributed by atoms with Gasteiger partial charge in [-0.05, 0) is 23.1 Å². The van der Waals surface area contributed by atoms with Crippen LogP contribution in [0.5, 0.6) is 5.75 Å². The van der Waals surface area contributed by atoms with Crippen molar-refractivity contribution in [3.05, 3.63) is 51.8 Å². The van der Waals surface area contributed by atoms with E-state index in [1.807, 2.05) is 38.1 Å². The van der Waals surface area contributed by atoms with Crippen molar-refractivity contribution in [1.82, 2.24) is 0 Å². The van der Waals surface area contributed by atoms with E-state index in [-0.39, 0.29) is 16.3 Å². The van der Waals surface area contributed by atoms with Crippen LogP contribution in [0.4, 0.5) is 0 Å². The van der Waals surface area contributed by atoms with Crippen molar-refractivity contribution < 1.29 is 14.3 Å². The molecule has 4 nitrogen and oxygen atoms in total. The molecule has 3 rings (SSSR count). The predicted molar refractivity (Wildman–Crippen MR) is 93.5 cm³/mol. The molecule has 1 heterocycles. The van der Waals surface area contributed by atoms with Crippen molar-refractivity contribution in [3.63, 3.8) is 0 Å². The van der Waals surface area contributed by atoms with E-state index in [4.69, 9.17) is 9.47 Å². The molecule has 0 amide bonds. The zero-order valence-electron chi connectivity index (χ0n) is 13.9. The summed E-state index contributed by atoms with van der Waals surface area (Å²) in [6.45, 7) is 4.09. The van der Waals surface area contributed by atoms with E-state index in [1.54, 1.807) is 7.11 Å². The standard InChI is InChI=1S/C19H19NO3S/c1-19(2)8-14(21)17-15(9-19)23-18(24)13(10-20)16(17)11-4-6-12(22-3)7-5-11/h4-7,16,24H,8-9H2,1-3H3/t16-/m0/s1. The van der Waals surface area contributed by atoms with Crippen LogP contribution in [0.25, 0.3) is 0 Å². The molecular weight excluding hydrogens is 322 g/mol. The quantitative estimate of drug-likeness (QED) is 0.822. The fraction of sp³-hybridized carbons (Fsp3) is 0.368. The summed E-state index contributed by atoms with van der Waals surface area (Å²) in [7, 11) is 1.60. The van der Waals surface area contributed by atoms with Gasteiger partial charge in [0.25, 0.3) is 0 Å². The Morgan fingerprint density at radius 1 is 1.29 bits per heavy atom. The average molecular weight is 341 g/mol. The second-order valence-electron chi connectivity index (χ2n) is 6.92. The highest BCUT2D eigenvalue weighted by molar-refractivity contribution is 7.84. The fourth-order valence-electron chi connectivity index (χ4n) is 3.37. The Kier molecular flexibility index (Phi) is 4.18. The van der Waals surface area contributed by atoms with Crippen LogP contribution in [0.2, 0.25) is 0 Å². The van der Waals surface area contributed by atoms with Gasteiger partial charge in [0, 0.05) is 18.4 Å². The third kappa shape index (κ3) is 2.83. The number of ketones is 1. The van der Waals surface area contributed by atoms with E-state index >= 15 is 0 Å². The number of hydrogen-bond donors (Lipinski definition) is 1. The van der Waals surface area contributed by atoms with E-state index in [9.17, 15) is 10.1 Å². The van der Waals surface area contributed by atoms with E-state index in [0.717, 1.165) is 11.3 Å². The molecular formula is C19H19NO3S. The minimum Gasteiger partial charge on any atom is -0.497 e. The van der Waals surface area contributed by atoms with Gasteiger partial charge < -0.3 is 9.47 Å². The van der Waals surface area contributed by atoms with Crippen molar-refractivity contribution in [3.8, 4) is 11.8 Å². The Morgan fingerprint density at radius 2 is 1.96 bits per heavy atom. The Hall–Kier alpha value is -2.19. The minimum atomic E-state index is -0.430. The third-order valence-corrected chi connectivity index (χ3v) is 4.81. The molecule has 124 valence electrons. The summed E-state index contributed by atoms with van der Waals surface area (Å²) >= 11 is 4.35. The number of carbonyl (C=O) groups excluding carboxylic acids is 1. The summed E-state index contributed by atoms with van der Waals surface area (Å²) in [6.07, 6.45) is 1.10. The number of thiol groups is 1. The zero-order valence-corrected chi connectivity index (χ0v) is 14.8. The van der Waals surface area contributed by atoms with Crippen molar-refractivity contribution in [1.29, 1.82) is 5.26 Å². The number of rotatable bonds is 2. The fourth-order valence-corrected chi connectivity index (χ4v) is 3.66. The Bertz CT molecular complexity index is 797. The number of nitriles is 1. The predicted octanol–water partition coefficient (Wildman–Crippen LogP) is 4.12. The minimum absolute atomic E-state index is 0.0376. The van der Waals surface area contributed by atoms with Crippen LogP contribution in [-0.2, 0) is 9.53 Å². The molecule has 1 atom stereocenters. The zero-order chi connectivity index (χ0) is 17.5. The number of Topliss-reactive ketones (excluding diaryl/α,β-unsaturated/α-hetero) is 1. The summed E-state index contributed by atoms with van der Waals surface area (Å²) in [5, 5.41) is 9.86. The molecule has 0 saturated carbocycles. The largest absolute Gasteiger partial charge is 0.497 e. The maximum atomic E-state index is 12.8. The average Bonchev–Trinajstić information content (AvgIpc) is 2.52. The van der Waals surface area contributed by atoms with Crippen LogP contribution in [0, 0.1) is 16.7 Å². The molecule has 0 spiro atoms. The van der Waals surface area contributed by atoms with Gasteiger partial charge in [-0.25, -0.2) is 0 Å². The lowest BCUT2D eigenvalue weighted by Gasteiger charge is -2.37. The molecule has 0 aromatic heterocycles. The number of hydrogen-bond acceptors (Lipinski definition) is 5. The molecule has 0 bridgehead atoms. The van der Waals surface area contributed by atoms with Gasteiger partial charge >= 0.3 is 0 Å². The molecule has 0 saturated heterocycles. The number of nitrogens with zero attached hydrogens (tertiary/aromatic N) is 1. The van der Waals surface area contributed by atoms with Gasteiger partial charge in [-0.15, -0.1) is 12.6 Å². The van der Waals surface area contributed by atoms with Crippen LogP contribution in [0.15, 0.2) is 46.3 Å². The first-order valence-corrected chi connectivity index (χ1v) is 8.22. The monoisotopic (exact) mass is 341 g/mol. The molecule has 0 N–H and O–H groups in total. The van der Waals surface area contributed by atoms with Crippen molar-refractivity contribution >= 4 is 18.4 Å². The highest BCUT2D eigenvalue weighted by Crippen LogP contribution is 2.49. The highest BCUT2D eigenvalue weighted by atomic mass is 32.1. The van der Waals surface area contributed by atoms with E-state index in [1.165, 1.54) is 0 Å². The Balaban J connectivity index is 2.14. The number of methoxy groups -OCH3 is 1. The number of ether oxygens (including phenoxy) is 2. The summed E-state index contributed by atoms with van der Waals surface area (Å²) in [5.41, 5.74) is 1.67. The molecule has 0 fully saturated rings. The van der Waals surface area contributed by atoms with Gasteiger partial charge in [-0.3, -0.25) is 4.79 Å². The summed E-state index contributed by atoms with van der Waals surface area (Å²) in [4.78, 5) is 12.8. The summed E-state index contributed by atoms with van der Waals surface area (Å²) in [6, 6.07) is 9.58. The maximum Gasteiger partial charge on any atom is 0.171 e. The van der Waals surface area contributed by atoms with E-state index in [2.05, 4.69) is 18.7 Å². The normalized spacial score (nSPS) is 22.6. The lowest BCUT2D eigenvalue weighted by atomic mass is 9.70. The van der Waals surface area contributed by atoms with Gasteiger partial charge in [0.2, 0.25) is 0 Å². The molecule has 1 aliphatic heterocycles. The first-order valence-electron chi connectivity index (χ1n) is 7.77.